The largest absolute Gasteiger partial charge is 0.478 e. The highest BCUT2D eigenvalue weighted by atomic mass is 16.4. The van der Waals surface area contributed by atoms with Crippen molar-refractivity contribution in [2.24, 2.45) is 0 Å². The van der Waals surface area contributed by atoms with Crippen molar-refractivity contribution in [2.45, 2.75) is 41.5 Å². The topological polar surface area (TPSA) is 97.1 Å². The molecule has 2 aromatic rings. The molecule has 7 nitrogen and oxygen atoms in total. The van der Waals surface area contributed by atoms with Crippen molar-refractivity contribution in [3.63, 3.8) is 0 Å². The first kappa shape index (κ1) is 21.3. The number of carboxylic acid groups (broad SMARTS) is 1. The van der Waals surface area contributed by atoms with E-state index in [2.05, 4.69) is 15.5 Å². The number of rotatable bonds is 4. The number of benzene rings is 1. The molecule has 24 heavy (non-hydrogen) atoms. The van der Waals surface area contributed by atoms with E-state index >= 15 is 0 Å². The van der Waals surface area contributed by atoms with E-state index in [9.17, 15) is 9.59 Å². The minimum Gasteiger partial charge on any atom is -0.478 e. The number of carbonyl (C=O) groups is 2. The van der Waals surface area contributed by atoms with Crippen LogP contribution in [0.2, 0.25) is 0 Å². The van der Waals surface area contributed by atoms with Crippen molar-refractivity contribution in [3.8, 4) is 5.69 Å². The smallest absolute Gasteiger partial charge is 0.335 e. The Morgan fingerprint density at radius 1 is 1.08 bits per heavy atom. The van der Waals surface area contributed by atoms with Crippen molar-refractivity contribution >= 4 is 11.9 Å². The van der Waals surface area contributed by atoms with Crippen LogP contribution in [-0.4, -0.2) is 38.3 Å². The molecule has 0 saturated heterocycles. The van der Waals surface area contributed by atoms with Crippen LogP contribution in [0.3, 0.4) is 0 Å². The Morgan fingerprint density at radius 3 is 2.08 bits per heavy atom. The highest BCUT2D eigenvalue weighted by molar-refractivity contribution is 5.91. The fraction of sp³-hybridized carbons (Fsp3) is 0.412. The van der Waals surface area contributed by atoms with Crippen LogP contribution in [-0.2, 0) is 0 Å². The number of aromatic carboxylic acids is 1. The second-order valence-electron chi connectivity index (χ2n) is 4.12. The van der Waals surface area contributed by atoms with Gasteiger partial charge in [0, 0.05) is 12.2 Å². The van der Waals surface area contributed by atoms with Gasteiger partial charge >= 0.3 is 5.97 Å². The van der Waals surface area contributed by atoms with Crippen LogP contribution < -0.4 is 5.32 Å². The van der Waals surface area contributed by atoms with Gasteiger partial charge in [-0.2, -0.15) is 0 Å². The summed E-state index contributed by atoms with van der Waals surface area (Å²) in [6.45, 7) is 12.0. The lowest BCUT2D eigenvalue weighted by atomic mass is 10.2. The molecule has 1 heterocycles. The molecule has 0 aliphatic rings. The van der Waals surface area contributed by atoms with E-state index in [-0.39, 0.29) is 17.3 Å². The van der Waals surface area contributed by atoms with Gasteiger partial charge in [-0.25, -0.2) is 4.79 Å². The third kappa shape index (κ3) is 5.19. The number of aryl methyl sites for hydroxylation is 1. The predicted molar refractivity (Wildman–Crippen MR) is 93.8 cm³/mol. The van der Waals surface area contributed by atoms with E-state index in [4.69, 9.17) is 5.11 Å². The predicted octanol–water partition coefficient (Wildman–Crippen LogP) is 3.08. The molecule has 0 saturated carbocycles. The molecule has 0 bridgehead atoms. The Bertz CT molecular complexity index is 648. The molecule has 132 valence electrons. The Morgan fingerprint density at radius 2 is 1.62 bits per heavy atom. The zero-order valence-corrected chi connectivity index (χ0v) is 15.1. The minimum absolute atomic E-state index is 0.174. The Kier molecular flexibility index (Phi) is 9.70. The van der Waals surface area contributed by atoms with Gasteiger partial charge in [0.05, 0.1) is 5.56 Å². The molecular formula is C17H26N4O3. The highest BCUT2D eigenvalue weighted by Crippen LogP contribution is 2.14. The summed E-state index contributed by atoms with van der Waals surface area (Å²) in [7, 11) is 0. The third-order valence-electron chi connectivity index (χ3n) is 2.74. The third-order valence-corrected chi connectivity index (χ3v) is 2.74. The van der Waals surface area contributed by atoms with Crippen LogP contribution in [0.1, 0.15) is 61.4 Å². The summed E-state index contributed by atoms with van der Waals surface area (Å²) in [4.78, 5) is 22.7. The number of nitrogens with one attached hydrogen (secondary N) is 1. The van der Waals surface area contributed by atoms with E-state index in [1.54, 1.807) is 23.6 Å². The SMILES string of the molecule is CC.CC.CCNC(=O)c1nnc(C)n1-c1ccc(C(=O)O)cc1. The molecule has 7 heteroatoms. The lowest BCUT2D eigenvalue weighted by molar-refractivity contribution is 0.0696. The van der Waals surface area contributed by atoms with Crippen LogP contribution >= 0.6 is 0 Å². The van der Waals surface area contributed by atoms with Crippen LogP contribution in [0, 0.1) is 6.92 Å². The molecular weight excluding hydrogens is 308 g/mol. The number of amides is 1. The van der Waals surface area contributed by atoms with Gasteiger partial charge < -0.3 is 10.4 Å². The van der Waals surface area contributed by atoms with Crippen LogP contribution in [0.25, 0.3) is 5.69 Å². The maximum Gasteiger partial charge on any atom is 0.335 e. The van der Waals surface area contributed by atoms with Gasteiger partial charge in [-0.15, -0.1) is 10.2 Å². The molecule has 0 radical (unpaired) electrons. The van der Waals surface area contributed by atoms with Gasteiger partial charge in [-0.05, 0) is 38.1 Å². The van der Waals surface area contributed by atoms with E-state index < -0.39 is 5.97 Å². The molecule has 0 spiro atoms. The van der Waals surface area contributed by atoms with Crippen molar-refractivity contribution in [1.82, 2.24) is 20.1 Å². The molecule has 0 aliphatic heterocycles. The highest BCUT2D eigenvalue weighted by Gasteiger charge is 2.17. The zero-order chi connectivity index (χ0) is 18.7. The Labute approximate surface area is 142 Å². The van der Waals surface area contributed by atoms with E-state index in [0.29, 0.717) is 18.1 Å². The lowest BCUT2D eigenvalue weighted by Gasteiger charge is -2.08. The Balaban J connectivity index is 0.00000123. The summed E-state index contributed by atoms with van der Waals surface area (Å²) in [6.07, 6.45) is 0. The fourth-order valence-corrected chi connectivity index (χ4v) is 1.81. The number of hydrogen-bond acceptors (Lipinski definition) is 4. The first-order valence-electron chi connectivity index (χ1n) is 8.08. The molecule has 0 aliphatic carbocycles. The van der Waals surface area contributed by atoms with Gasteiger partial charge in [0.15, 0.2) is 0 Å². The first-order valence-corrected chi connectivity index (χ1v) is 8.08. The molecule has 0 atom stereocenters. The number of carbonyl (C=O) groups excluding carboxylic acids is 1. The fourth-order valence-electron chi connectivity index (χ4n) is 1.81. The molecule has 1 aromatic carbocycles. The summed E-state index contributed by atoms with van der Waals surface area (Å²) in [5.74, 6) is -0.599. The van der Waals surface area contributed by atoms with Gasteiger partial charge in [-0.3, -0.25) is 9.36 Å². The Hall–Kier alpha value is -2.70. The van der Waals surface area contributed by atoms with Crippen molar-refractivity contribution in [1.29, 1.82) is 0 Å². The van der Waals surface area contributed by atoms with Crippen molar-refractivity contribution in [3.05, 3.63) is 41.5 Å². The maximum absolute atomic E-state index is 11.9. The summed E-state index contributed by atoms with van der Waals surface area (Å²) in [5.41, 5.74) is 0.817. The van der Waals surface area contributed by atoms with Crippen LogP contribution in [0.5, 0.6) is 0 Å². The summed E-state index contributed by atoms with van der Waals surface area (Å²) in [6, 6.07) is 6.17. The quantitative estimate of drug-likeness (QED) is 0.895. The number of aromatic nitrogens is 3. The number of hydrogen-bond donors (Lipinski definition) is 2. The van der Waals surface area contributed by atoms with Crippen molar-refractivity contribution in [2.75, 3.05) is 6.54 Å². The summed E-state index contributed by atoms with van der Waals surface area (Å²) >= 11 is 0. The molecule has 1 amide bonds. The number of nitrogens with zero attached hydrogens (tertiary/aromatic N) is 3. The maximum atomic E-state index is 11.9. The normalized spacial score (nSPS) is 9.08. The van der Waals surface area contributed by atoms with Crippen molar-refractivity contribution < 1.29 is 14.7 Å². The van der Waals surface area contributed by atoms with Gasteiger partial charge in [-0.1, -0.05) is 27.7 Å². The van der Waals surface area contributed by atoms with Crippen LogP contribution in [0.4, 0.5) is 0 Å². The molecule has 1 aromatic heterocycles. The molecule has 2 N–H and O–H groups in total. The van der Waals surface area contributed by atoms with Crippen LogP contribution in [0.15, 0.2) is 24.3 Å². The minimum atomic E-state index is -0.999. The van der Waals surface area contributed by atoms with E-state index in [1.165, 1.54) is 12.1 Å². The molecule has 0 fully saturated rings. The standard InChI is InChI=1S/C13H14N4O3.2C2H6/c1-3-14-12(18)11-16-15-8(2)17(11)10-6-4-9(5-7-10)13(19)20;2*1-2/h4-7H,3H2,1-2H3,(H,14,18)(H,19,20);2*1-2H3. The van der Waals surface area contributed by atoms with Gasteiger partial charge in [0.2, 0.25) is 5.82 Å². The molecule has 0 unspecified atom stereocenters. The zero-order valence-electron chi connectivity index (χ0n) is 15.1. The lowest BCUT2D eigenvalue weighted by Crippen LogP contribution is -2.26. The first-order chi connectivity index (χ1) is 11.5. The summed E-state index contributed by atoms with van der Waals surface area (Å²) in [5, 5.41) is 19.3. The second kappa shape index (κ2) is 10.9. The van der Waals surface area contributed by atoms with Gasteiger partial charge in [0.25, 0.3) is 5.91 Å². The number of carboxylic acids is 1. The van der Waals surface area contributed by atoms with E-state index in [1.807, 2.05) is 34.6 Å². The monoisotopic (exact) mass is 334 g/mol. The van der Waals surface area contributed by atoms with E-state index in [0.717, 1.165) is 0 Å². The van der Waals surface area contributed by atoms with Gasteiger partial charge in [0.1, 0.15) is 5.82 Å². The molecule has 2 rings (SSSR count). The second-order valence-corrected chi connectivity index (χ2v) is 4.12. The average Bonchev–Trinajstić information content (AvgIpc) is 3.00. The summed E-state index contributed by atoms with van der Waals surface area (Å²) < 4.78 is 1.58. The average molecular weight is 334 g/mol.